The summed E-state index contributed by atoms with van der Waals surface area (Å²) in [6.45, 7) is 0. The molecular weight excluding hydrogens is 278 g/mol. The molecule has 1 N–H and O–H groups in total. The highest BCUT2D eigenvalue weighted by Gasteiger charge is 2.24. The molecule has 0 unspecified atom stereocenters. The number of nitrogens with zero attached hydrogens (tertiary/aromatic N) is 2. The highest BCUT2D eigenvalue weighted by atomic mass is 16.6. The lowest BCUT2D eigenvalue weighted by Gasteiger charge is -1.98. The largest absolute Gasteiger partial charge is 0.321 e. The summed E-state index contributed by atoms with van der Waals surface area (Å²) in [6.07, 6.45) is 1.71. The van der Waals surface area contributed by atoms with Crippen LogP contribution < -0.4 is 5.32 Å². The van der Waals surface area contributed by atoms with Crippen LogP contribution in [0.25, 0.3) is 22.9 Å². The van der Waals surface area contributed by atoms with E-state index >= 15 is 0 Å². The number of benzene rings is 2. The second-order valence-electron chi connectivity index (χ2n) is 4.92. The third-order valence-electron chi connectivity index (χ3n) is 3.55. The van der Waals surface area contributed by atoms with Crippen LogP contribution in [-0.2, 0) is 4.79 Å². The maximum absolute atomic E-state index is 12.1. The second-order valence-corrected chi connectivity index (χ2v) is 4.92. The summed E-state index contributed by atoms with van der Waals surface area (Å²) in [5.41, 5.74) is 4.26. The van der Waals surface area contributed by atoms with Gasteiger partial charge in [-0.05, 0) is 22.5 Å². The smallest absolute Gasteiger partial charge is 0.256 e. The quantitative estimate of drug-likeness (QED) is 0.735. The Hall–Kier alpha value is -3.21. The molecule has 0 radical (unpaired) electrons. The minimum Gasteiger partial charge on any atom is -0.321 e. The van der Waals surface area contributed by atoms with Gasteiger partial charge in [0, 0.05) is 16.8 Å². The zero-order chi connectivity index (χ0) is 14.9. The third kappa shape index (κ3) is 2.00. The molecule has 1 aliphatic heterocycles. The van der Waals surface area contributed by atoms with Crippen LogP contribution in [0.2, 0.25) is 0 Å². The molecule has 1 aromatic heterocycles. The zero-order valence-electron chi connectivity index (χ0n) is 11.5. The van der Waals surface area contributed by atoms with Crippen LogP contribution in [0.1, 0.15) is 11.3 Å². The van der Waals surface area contributed by atoms with E-state index in [9.17, 15) is 4.79 Å². The molecule has 0 aliphatic carbocycles. The Labute approximate surface area is 126 Å². The first-order chi connectivity index (χ1) is 10.8. The van der Waals surface area contributed by atoms with Gasteiger partial charge < -0.3 is 5.32 Å². The van der Waals surface area contributed by atoms with Crippen molar-refractivity contribution in [1.82, 2.24) is 10.3 Å². The van der Waals surface area contributed by atoms with Gasteiger partial charge in [-0.15, -0.1) is 0 Å². The van der Waals surface area contributed by atoms with Crippen molar-refractivity contribution in [3.8, 4) is 11.3 Å². The van der Waals surface area contributed by atoms with E-state index in [2.05, 4.69) is 15.6 Å². The van der Waals surface area contributed by atoms with Gasteiger partial charge in [0.1, 0.15) is 11.4 Å². The van der Waals surface area contributed by atoms with Gasteiger partial charge in [0.05, 0.1) is 5.57 Å². The summed E-state index contributed by atoms with van der Waals surface area (Å²) in [5.74, 6) is -0.150. The second kappa shape index (κ2) is 4.96. The molecule has 5 nitrogen and oxygen atoms in total. The van der Waals surface area contributed by atoms with Gasteiger partial charge in [-0.25, -0.2) is 4.63 Å². The number of carbonyl (C=O) groups is 1. The molecule has 1 amide bonds. The van der Waals surface area contributed by atoms with Gasteiger partial charge in [-0.1, -0.05) is 48.5 Å². The highest BCUT2D eigenvalue weighted by molar-refractivity contribution is 6.34. The first kappa shape index (κ1) is 12.5. The number of para-hydroxylation sites is 1. The molecule has 0 saturated carbocycles. The number of hydrogen-bond acceptors (Lipinski definition) is 4. The van der Waals surface area contributed by atoms with Gasteiger partial charge >= 0.3 is 0 Å². The summed E-state index contributed by atoms with van der Waals surface area (Å²) in [7, 11) is 0. The number of aromatic nitrogens is 2. The molecule has 5 heteroatoms. The predicted molar refractivity (Wildman–Crippen MR) is 82.7 cm³/mol. The van der Waals surface area contributed by atoms with Crippen LogP contribution in [0.15, 0.2) is 59.2 Å². The summed E-state index contributed by atoms with van der Waals surface area (Å²) >= 11 is 0. The number of fused-ring (bicyclic) bond motifs is 1. The van der Waals surface area contributed by atoms with Crippen molar-refractivity contribution in [2.45, 2.75) is 0 Å². The summed E-state index contributed by atoms with van der Waals surface area (Å²) in [6, 6.07) is 17.1. The van der Waals surface area contributed by atoms with Gasteiger partial charge in [0.25, 0.3) is 5.91 Å². The number of carbonyl (C=O) groups excluding carboxylic acids is 1. The molecule has 0 spiro atoms. The number of nitrogens with one attached hydrogen (secondary N) is 1. The number of anilines is 1. The van der Waals surface area contributed by atoms with Crippen LogP contribution in [0.5, 0.6) is 0 Å². The minimum absolute atomic E-state index is 0.150. The molecular formula is C17H11N3O2. The average molecular weight is 289 g/mol. The van der Waals surface area contributed by atoms with Crippen LogP contribution in [-0.4, -0.2) is 16.2 Å². The van der Waals surface area contributed by atoms with Gasteiger partial charge in [-0.2, -0.15) is 0 Å². The number of hydrogen-bond donors (Lipinski definition) is 1. The monoisotopic (exact) mass is 289 g/mol. The van der Waals surface area contributed by atoms with E-state index in [1.807, 2.05) is 54.6 Å². The molecule has 1 aliphatic rings. The first-order valence-electron chi connectivity index (χ1n) is 6.83. The fourth-order valence-electron chi connectivity index (χ4n) is 2.51. The van der Waals surface area contributed by atoms with Gasteiger partial charge in [0.15, 0.2) is 0 Å². The Balaban J connectivity index is 1.82. The molecule has 0 saturated heterocycles. The molecule has 0 atom stereocenters. The maximum atomic E-state index is 12.1. The molecule has 3 aromatic rings. The molecule has 0 fully saturated rings. The lowest BCUT2D eigenvalue weighted by atomic mass is 10.0. The van der Waals surface area contributed by atoms with E-state index in [0.717, 1.165) is 16.8 Å². The molecule has 4 rings (SSSR count). The first-order valence-corrected chi connectivity index (χ1v) is 6.83. The predicted octanol–water partition coefficient (Wildman–Crippen LogP) is 3.23. The van der Waals surface area contributed by atoms with Crippen molar-refractivity contribution >= 4 is 23.2 Å². The SMILES string of the molecule is O=C1Nc2ccccc2C1=Cc1nonc1-c1ccccc1. The summed E-state index contributed by atoms with van der Waals surface area (Å²) < 4.78 is 4.86. The van der Waals surface area contributed by atoms with Gasteiger partial charge in [0.2, 0.25) is 0 Å². The lowest BCUT2D eigenvalue weighted by Crippen LogP contribution is -2.03. The Morgan fingerprint density at radius 3 is 2.59 bits per heavy atom. The van der Waals surface area contributed by atoms with E-state index in [0.29, 0.717) is 17.0 Å². The van der Waals surface area contributed by atoms with Crippen molar-refractivity contribution in [2.24, 2.45) is 0 Å². The lowest BCUT2D eigenvalue weighted by molar-refractivity contribution is -0.110. The van der Waals surface area contributed by atoms with Crippen LogP contribution in [0.3, 0.4) is 0 Å². The molecule has 2 aromatic carbocycles. The van der Waals surface area contributed by atoms with Crippen molar-refractivity contribution < 1.29 is 9.42 Å². The fraction of sp³-hybridized carbons (Fsp3) is 0. The minimum atomic E-state index is -0.150. The Bertz CT molecular complexity index is 882. The van der Waals surface area contributed by atoms with Crippen molar-refractivity contribution in [3.63, 3.8) is 0 Å². The van der Waals surface area contributed by atoms with E-state index in [4.69, 9.17) is 4.63 Å². The van der Waals surface area contributed by atoms with E-state index < -0.39 is 0 Å². The third-order valence-corrected chi connectivity index (χ3v) is 3.55. The standard InChI is InChI=1S/C17H11N3O2/c21-17-13(12-8-4-5-9-14(12)18-17)10-15-16(20-22-19-15)11-6-2-1-3-7-11/h1-10H,(H,18,21). The van der Waals surface area contributed by atoms with E-state index in [-0.39, 0.29) is 5.91 Å². The van der Waals surface area contributed by atoms with Crippen molar-refractivity contribution in [1.29, 1.82) is 0 Å². The zero-order valence-corrected chi connectivity index (χ0v) is 11.5. The Morgan fingerprint density at radius 1 is 0.955 bits per heavy atom. The molecule has 22 heavy (non-hydrogen) atoms. The normalized spacial score (nSPS) is 14.9. The Morgan fingerprint density at radius 2 is 1.73 bits per heavy atom. The summed E-state index contributed by atoms with van der Waals surface area (Å²) in [5, 5.41) is 10.7. The maximum Gasteiger partial charge on any atom is 0.256 e. The molecule has 106 valence electrons. The van der Waals surface area contributed by atoms with Crippen LogP contribution >= 0.6 is 0 Å². The fourth-order valence-corrected chi connectivity index (χ4v) is 2.51. The average Bonchev–Trinajstić information content (AvgIpc) is 3.14. The number of amides is 1. The van der Waals surface area contributed by atoms with Crippen molar-refractivity contribution in [2.75, 3.05) is 5.32 Å². The Kier molecular flexibility index (Phi) is 2.83. The van der Waals surface area contributed by atoms with Crippen molar-refractivity contribution in [3.05, 3.63) is 65.9 Å². The molecule has 0 bridgehead atoms. The highest BCUT2D eigenvalue weighted by Crippen LogP contribution is 2.33. The van der Waals surface area contributed by atoms with E-state index in [1.54, 1.807) is 6.08 Å². The van der Waals surface area contributed by atoms with Crippen LogP contribution in [0.4, 0.5) is 5.69 Å². The van der Waals surface area contributed by atoms with Crippen LogP contribution in [0, 0.1) is 0 Å². The number of rotatable bonds is 2. The molecule has 2 heterocycles. The van der Waals surface area contributed by atoms with Gasteiger partial charge in [-0.3, -0.25) is 4.79 Å². The van der Waals surface area contributed by atoms with E-state index in [1.165, 1.54) is 0 Å². The topological polar surface area (TPSA) is 68.0 Å². The summed E-state index contributed by atoms with van der Waals surface area (Å²) in [4.78, 5) is 12.1.